The molecule has 9 nitrogen and oxygen atoms in total. The van der Waals surface area contributed by atoms with Gasteiger partial charge in [-0.3, -0.25) is 9.58 Å². The molecule has 1 saturated heterocycles. The van der Waals surface area contributed by atoms with Crippen LogP contribution in [0.4, 0.5) is 10.5 Å². The van der Waals surface area contributed by atoms with E-state index in [9.17, 15) is 9.90 Å². The number of benzene rings is 1. The second kappa shape index (κ2) is 10.2. The zero-order valence-corrected chi connectivity index (χ0v) is 22.7. The molecule has 0 spiro atoms. The summed E-state index contributed by atoms with van der Waals surface area (Å²) in [6.07, 6.45) is 6.07. The highest BCUT2D eigenvalue weighted by Crippen LogP contribution is 2.35. The van der Waals surface area contributed by atoms with Crippen LogP contribution in [0.3, 0.4) is 0 Å². The number of aromatic nitrogens is 2. The quantitative estimate of drug-likeness (QED) is 0.599. The number of hydrogen-bond donors (Lipinski definition) is 2. The summed E-state index contributed by atoms with van der Waals surface area (Å²) in [5.74, 6) is 0. The maximum atomic E-state index is 12.6. The van der Waals surface area contributed by atoms with Crippen molar-refractivity contribution in [2.45, 2.75) is 89.6 Å². The number of rotatable bonds is 5. The number of carbonyl (C=O) groups excluding carboxylic acids is 1. The first-order chi connectivity index (χ1) is 16.9. The van der Waals surface area contributed by atoms with Crippen molar-refractivity contribution in [1.29, 1.82) is 0 Å². The maximum Gasteiger partial charge on any atom is 0.410 e. The van der Waals surface area contributed by atoms with Crippen LogP contribution in [0.2, 0.25) is 0 Å². The van der Waals surface area contributed by atoms with E-state index in [2.05, 4.69) is 15.8 Å². The lowest BCUT2D eigenvalue weighted by Crippen LogP contribution is -2.60. The van der Waals surface area contributed by atoms with E-state index in [1.165, 1.54) is 0 Å². The highest BCUT2D eigenvalue weighted by atomic mass is 16.6. The van der Waals surface area contributed by atoms with E-state index in [1.54, 1.807) is 21.0 Å². The first kappa shape index (κ1) is 26.7. The summed E-state index contributed by atoms with van der Waals surface area (Å²) in [5.41, 5.74) is 6.87. The molecule has 1 aliphatic heterocycles. The number of hydrogen-bond acceptors (Lipinski definition) is 7. The Bertz CT molecular complexity index is 1060. The van der Waals surface area contributed by atoms with Crippen LogP contribution in [0, 0.1) is 0 Å². The molecule has 0 bridgehead atoms. The van der Waals surface area contributed by atoms with E-state index in [-0.39, 0.29) is 12.1 Å². The Balaban J connectivity index is 1.40. The van der Waals surface area contributed by atoms with E-state index in [0.29, 0.717) is 43.0 Å². The lowest BCUT2D eigenvalue weighted by molar-refractivity contribution is -0.0278. The molecule has 1 aromatic heterocycles. The van der Waals surface area contributed by atoms with Gasteiger partial charge in [-0.05, 0) is 72.4 Å². The van der Waals surface area contributed by atoms with Gasteiger partial charge in [-0.25, -0.2) is 4.79 Å². The van der Waals surface area contributed by atoms with Gasteiger partial charge in [-0.15, -0.1) is 0 Å². The molecule has 2 heterocycles. The molecule has 1 aliphatic carbocycles. The number of ether oxygens (including phenoxy) is 2. The van der Waals surface area contributed by atoms with Crippen LogP contribution in [-0.4, -0.2) is 81.8 Å². The topological polar surface area (TPSA) is 106 Å². The normalized spacial score (nSPS) is 24.3. The summed E-state index contributed by atoms with van der Waals surface area (Å²) in [6.45, 7) is 11.9. The van der Waals surface area contributed by atoms with Crippen molar-refractivity contribution in [3.63, 3.8) is 0 Å². The number of nitrogen functional groups attached to an aromatic ring is 1. The Labute approximate surface area is 214 Å². The number of carbonyl (C=O) groups is 1. The van der Waals surface area contributed by atoms with E-state index in [4.69, 9.17) is 20.3 Å². The third-order valence-electron chi connectivity index (χ3n) is 7.40. The molecule has 2 aromatic rings. The fraction of sp³-hybridized carbons (Fsp3) is 0.704. The third kappa shape index (κ3) is 5.95. The summed E-state index contributed by atoms with van der Waals surface area (Å²) < 4.78 is 13.2. The maximum absolute atomic E-state index is 12.6. The number of amides is 1. The summed E-state index contributed by atoms with van der Waals surface area (Å²) in [4.78, 5) is 17.0. The molecule has 2 fully saturated rings. The van der Waals surface area contributed by atoms with Gasteiger partial charge in [-0.2, -0.15) is 5.10 Å². The Morgan fingerprint density at radius 1 is 1.11 bits per heavy atom. The van der Waals surface area contributed by atoms with Crippen molar-refractivity contribution < 1.29 is 19.4 Å². The van der Waals surface area contributed by atoms with Gasteiger partial charge >= 0.3 is 6.09 Å². The number of anilines is 1. The number of aliphatic hydroxyl groups is 1. The Kier molecular flexibility index (Phi) is 7.55. The minimum atomic E-state index is -1.01. The Morgan fingerprint density at radius 2 is 1.78 bits per heavy atom. The van der Waals surface area contributed by atoms with Crippen LogP contribution in [0.1, 0.15) is 71.9 Å². The van der Waals surface area contributed by atoms with Crippen LogP contribution in [0.15, 0.2) is 18.3 Å². The molecule has 1 atom stereocenters. The molecule has 1 saturated carbocycles. The molecule has 1 aromatic carbocycles. The van der Waals surface area contributed by atoms with Crippen LogP contribution in [0.25, 0.3) is 10.9 Å². The molecule has 4 rings (SSSR count). The fourth-order valence-electron chi connectivity index (χ4n) is 5.66. The number of piperazine rings is 1. The predicted octanol–water partition coefficient (Wildman–Crippen LogP) is 3.90. The lowest BCUT2D eigenvalue weighted by atomic mass is 9.89. The standard InChI is InChI=1S/C27H43N5O4/c1-26(2,3)36-25(33)30-11-12-31(21(16-30)17-35-6)19-7-9-20(10-8-19)32-15-18-13-23(28)22(27(4,5)34)14-24(18)29-32/h13-15,19-21,34H,7-12,16-17,28H2,1-6H3/t19?,20?,21-/m0/s1. The molecule has 200 valence electrons. The minimum Gasteiger partial charge on any atom is -0.444 e. The van der Waals surface area contributed by atoms with E-state index < -0.39 is 11.2 Å². The minimum absolute atomic E-state index is 0.161. The van der Waals surface area contributed by atoms with E-state index >= 15 is 0 Å². The van der Waals surface area contributed by atoms with Crippen molar-refractivity contribution in [2.24, 2.45) is 0 Å². The molecule has 0 radical (unpaired) electrons. The largest absolute Gasteiger partial charge is 0.444 e. The average Bonchev–Trinajstić information content (AvgIpc) is 3.20. The van der Waals surface area contributed by atoms with Crippen molar-refractivity contribution in [1.82, 2.24) is 19.6 Å². The lowest BCUT2D eigenvalue weighted by Gasteiger charge is -2.46. The Morgan fingerprint density at radius 3 is 2.39 bits per heavy atom. The number of nitrogens with zero attached hydrogens (tertiary/aromatic N) is 4. The van der Waals surface area contributed by atoms with Gasteiger partial charge in [0.2, 0.25) is 0 Å². The monoisotopic (exact) mass is 501 g/mol. The third-order valence-corrected chi connectivity index (χ3v) is 7.40. The Hall–Kier alpha value is -2.36. The second-order valence-electron chi connectivity index (χ2n) is 11.9. The molecule has 3 N–H and O–H groups in total. The molecule has 2 aliphatic rings. The van der Waals surface area contributed by atoms with Gasteiger partial charge in [0.25, 0.3) is 0 Å². The zero-order chi connectivity index (χ0) is 26.3. The summed E-state index contributed by atoms with van der Waals surface area (Å²) >= 11 is 0. The highest BCUT2D eigenvalue weighted by molar-refractivity contribution is 5.83. The molecule has 9 heteroatoms. The van der Waals surface area contributed by atoms with Gasteiger partial charge in [0.05, 0.1) is 29.8 Å². The number of methoxy groups -OCH3 is 1. The van der Waals surface area contributed by atoms with Gasteiger partial charge in [0, 0.05) is 55.6 Å². The van der Waals surface area contributed by atoms with E-state index in [1.807, 2.05) is 37.8 Å². The number of nitrogens with two attached hydrogens (primary N) is 1. The van der Waals surface area contributed by atoms with Crippen molar-refractivity contribution in [3.8, 4) is 0 Å². The van der Waals surface area contributed by atoms with Gasteiger partial charge in [0.15, 0.2) is 0 Å². The van der Waals surface area contributed by atoms with Gasteiger partial charge < -0.3 is 25.2 Å². The van der Waals surface area contributed by atoms with Crippen LogP contribution >= 0.6 is 0 Å². The van der Waals surface area contributed by atoms with Crippen molar-refractivity contribution in [2.75, 3.05) is 39.1 Å². The zero-order valence-electron chi connectivity index (χ0n) is 22.7. The van der Waals surface area contributed by atoms with Crippen molar-refractivity contribution >= 4 is 22.7 Å². The molecule has 0 unspecified atom stereocenters. The predicted molar refractivity (Wildman–Crippen MR) is 141 cm³/mol. The first-order valence-corrected chi connectivity index (χ1v) is 13.1. The molecule has 36 heavy (non-hydrogen) atoms. The fourth-order valence-corrected chi connectivity index (χ4v) is 5.66. The summed E-state index contributed by atoms with van der Waals surface area (Å²) in [5, 5.41) is 16.3. The highest BCUT2D eigenvalue weighted by Gasteiger charge is 2.37. The average molecular weight is 502 g/mol. The van der Waals surface area contributed by atoms with Crippen LogP contribution < -0.4 is 5.73 Å². The molecular formula is C27H43N5O4. The number of fused-ring (bicyclic) bond motifs is 1. The first-order valence-electron chi connectivity index (χ1n) is 13.1. The van der Waals surface area contributed by atoms with Crippen LogP contribution in [0.5, 0.6) is 0 Å². The summed E-state index contributed by atoms with van der Waals surface area (Å²) in [7, 11) is 1.72. The van der Waals surface area contributed by atoms with Crippen molar-refractivity contribution in [3.05, 3.63) is 23.9 Å². The SMILES string of the molecule is COC[C@@H]1CN(C(=O)OC(C)(C)C)CCN1C1CCC(n2cc3cc(N)c(C(C)(C)O)cc3n2)CC1. The smallest absolute Gasteiger partial charge is 0.410 e. The molecular weight excluding hydrogens is 458 g/mol. The summed E-state index contributed by atoms with van der Waals surface area (Å²) in [6, 6.07) is 4.78. The van der Waals surface area contributed by atoms with Gasteiger partial charge in [0.1, 0.15) is 5.60 Å². The van der Waals surface area contributed by atoms with E-state index in [0.717, 1.165) is 43.1 Å². The molecule has 1 amide bonds. The van der Waals surface area contributed by atoms with Crippen LogP contribution in [-0.2, 0) is 15.1 Å². The van der Waals surface area contributed by atoms with Gasteiger partial charge in [-0.1, -0.05) is 0 Å². The second-order valence-corrected chi connectivity index (χ2v) is 11.9.